The highest BCUT2D eigenvalue weighted by atomic mass is 35.5. The van der Waals surface area contributed by atoms with Gasteiger partial charge in [0.25, 0.3) is 11.1 Å². The number of methoxy groups -OCH3 is 1. The van der Waals surface area contributed by atoms with Crippen molar-refractivity contribution in [1.29, 1.82) is 0 Å². The Morgan fingerprint density at radius 2 is 1.97 bits per heavy atom. The minimum atomic E-state index is -0.484. The number of amides is 2. The van der Waals surface area contributed by atoms with Crippen LogP contribution in [0, 0.1) is 0 Å². The molecule has 0 aliphatic carbocycles. The Hall–Kier alpha value is -2.97. The van der Waals surface area contributed by atoms with Gasteiger partial charge in [-0.05, 0) is 60.2 Å². The predicted octanol–water partition coefficient (Wildman–Crippen LogP) is 4.53. The fourth-order valence-electron chi connectivity index (χ4n) is 2.84. The summed E-state index contributed by atoms with van der Waals surface area (Å²) in [7, 11) is 1.47. The molecule has 1 heterocycles. The van der Waals surface area contributed by atoms with Crippen molar-refractivity contribution in [2.75, 3.05) is 20.3 Å². The number of rotatable bonds is 8. The lowest BCUT2D eigenvalue weighted by Crippen LogP contribution is -2.27. The molecular formula is C22H20ClNO6S. The fourth-order valence-corrected chi connectivity index (χ4v) is 3.89. The van der Waals surface area contributed by atoms with Gasteiger partial charge in [-0.15, -0.1) is 0 Å². The molecule has 0 N–H and O–H groups in total. The predicted molar refractivity (Wildman–Crippen MR) is 118 cm³/mol. The Bertz CT molecular complexity index is 1040. The highest BCUT2D eigenvalue weighted by molar-refractivity contribution is 8.18. The Morgan fingerprint density at radius 1 is 1.16 bits per heavy atom. The van der Waals surface area contributed by atoms with Crippen LogP contribution in [-0.4, -0.2) is 42.3 Å². The first kappa shape index (κ1) is 22.7. The van der Waals surface area contributed by atoms with Gasteiger partial charge in [0.2, 0.25) is 0 Å². The molecule has 1 fully saturated rings. The maximum atomic E-state index is 12.7. The second kappa shape index (κ2) is 10.4. The molecule has 0 aromatic heterocycles. The minimum absolute atomic E-state index is 0.145. The number of thioether (sulfide) groups is 1. The molecule has 1 aliphatic rings. The van der Waals surface area contributed by atoms with Crippen molar-refractivity contribution in [3.63, 3.8) is 0 Å². The fraction of sp³-hybridized carbons (Fsp3) is 0.227. The minimum Gasteiger partial charge on any atom is -0.493 e. The van der Waals surface area contributed by atoms with E-state index < -0.39 is 5.97 Å². The van der Waals surface area contributed by atoms with Crippen LogP contribution in [-0.2, 0) is 20.9 Å². The quantitative estimate of drug-likeness (QED) is 0.422. The van der Waals surface area contributed by atoms with Crippen molar-refractivity contribution in [2.24, 2.45) is 0 Å². The summed E-state index contributed by atoms with van der Waals surface area (Å²) in [5, 5.41) is 0.190. The third-order valence-corrected chi connectivity index (χ3v) is 5.38. The third-order valence-electron chi connectivity index (χ3n) is 4.24. The van der Waals surface area contributed by atoms with Crippen LogP contribution in [0.3, 0.4) is 0 Å². The van der Waals surface area contributed by atoms with Crippen LogP contribution in [0.1, 0.15) is 18.1 Å². The highest BCUT2D eigenvalue weighted by Crippen LogP contribution is 2.35. The number of halogens is 1. The Morgan fingerprint density at radius 3 is 2.68 bits per heavy atom. The first-order chi connectivity index (χ1) is 14.9. The molecule has 31 heavy (non-hydrogen) atoms. The number of esters is 1. The molecular weight excluding hydrogens is 442 g/mol. The number of carbonyl (C=O) groups is 3. The molecule has 1 aliphatic heterocycles. The molecule has 3 rings (SSSR count). The number of ether oxygens (including phenoxy) is 3. The largest absolute Gasteiger partial charge is 0.493 e. The maximum Gasteiger partial charge on any atom is 0.344 e. The van der Waals surface area contributed by atoms with Gasteiger partial charge in [-0.2, -0.15) is 0 Å². The van der Waals surface area contributed by atoms with Gasteiger partial charge in [-0.1, -0.05) is 29.8 Å². The summed E-state index contributed by atoms with van der Waals surface area (Å²) in [6, 6.07) is 12.0. The van der Waals surface area contributed by atoms with Gasteiger partial charge in [0.15, 0.2) is 18.1 Å². The van der Waals surface area contributed by atoms with Gasteiger partial charge in [-0.25, -0.2) is 4.79 Å². The molecule has 9 heteroatoms. The van der Waals surface area contributed by atoms with Gasteiger partial charge < -0.3 is 14.2 Å². The first-order valence-corrected chi connectivity index (χ1v) is 10.6. The SMILES string of the molecule is CCOC(=O)COc1ccc(/C=C2\SC(=O)N(Cc3cccc(Cl)c3)C2=O)cc1OC. The van der Waals surface area contributed by atoms with Gasteiger partial charge in [0, 0.05) is 5.02 Å². The molecule has 0 saturated carbocycles. The molecule has 0 atom stereocenters. The van der Waals surface area contributed by atoms with Crippen LogP contribution in [0.25, 0.3) is 6.08 Å². The third kappa shape index (κ3) is 5.80. The number of hydrogen-bond donors (Lipinski definition) is 0. The Balaban J connectivity index is 1.74. The topological polar surface area (TPSA) is 82.1 Å². The summed E-state index contributed by atoms with van der Waals surface area (Å²) in [5.41, 5.74) is 1.41. The first-order valence-electron chi connectivity index (χ1n) is 9.37. The number of nitrogens with zero attached hydrogens (tertiary/aromatic N) is 1. The molecule has 2 aromatic carbocycles. The average Bonchev–Trinajstić information content (AvgIpc) is 3.00. The van der Waals surface area contributed by atoms with Crippen molar-refractivity contribution in [3.05, 3.63) is 63.5 Å². The van der Waals surface area contributed by atoms with Crippen LogP contribution >= 0.6 is 23.4 Å². The van der Waals surface area contributed by atoms with Crippen molar-refractivity contribution in [1.82, 2.24) is 4.90 Å². The second-order valence-corrected chi connectivity index (χ2v) is 7.83. The summed E-state index contributed by atoms with van der Waals surface area (Å²) >= 11 is 6.85. The summed E-state index contributed by atoms with van der Waals surface area (Å²) in [6.45, 7) is 1.88. The summed E-state index contributed by atoms with van der Waals surface area (Å²) < 4.78 is 15.6. The lowest BCUT2D eigenvalue weighted by atomic mass is 10.1. The van der Waals surface area contributed by atoms with Crippen LogP contribution in [0.5, 0.6) is 11.5 Å². The van der Waals surface area contributed by atoms with Crippen LogP contribution < -0.4 is 9.47 Å². The van der Waals surface area contributed by atoms with Gasteiger partial charge in [0.1, 0.15) is 0 Å². The molecule has 2 aromatic rings. The number of benzene rings is 2. The molecule has 7 nitrogen and oxygen atoms in total. The van der Waals surface area contributed by atoms with E-state index in [1.54, 1.807) is 55.5 Å². The molecule has 0 radical (unpaired) electrons. The van der Waals surface area contributed by atoms with Crippen molar-refractivity contribution in [2.45, 2.75) is 13.5 Å². The standard InChI is InChI=1S/C22H20ClNO6S/c1-3-29-20(25)13-30-17-8-7-14(10-18(17)28-2)11-19-21(26)24(22(27)31-19)12-15-5-4-6-16(23)9-15/h4-11H,3,12-13H2,1-2H3/b19-11-. The Kier molecular flexibility index (Phi) is 7.59. The van der Waals surface area contributed by atoms with E-state index >= 15 is 0 Å². The van der Waals surface area contributed by atoms with E-state index in [2.05, 4.69) is 0 Å². The monoisotopic (exact) mass is 461 g/mol. The van der Waals surface area contributed by atoms with Crippen LogP contribution in [0.15, 0.2) is 47.4 Å². The lowest BCUT2D eigenvalue weighted by molar-refractivity contribution is -0.145. The summed E-state index contributed by atoms with van der Waals surface area (Å²) in [4.78, 5) is 38.1. The highest BCUT2D eigenvalue weighted by Gasteiger charge is 2.35. The van der Waals surface area contributed by atoms with Crippen molar-refractivity contribution >= 4 is 46.6 Å². The second-order valence-electron chi connectivity index (χ2n) is 6.40. The normalized spacial score (nSPS) is 14.8. The smallest absolute Gasteiger partial charge is 0.344 e. The molecule has 162 valence electrons. The van der Waals surface area contributed by atoms with E-state index in [0.29, 0.717) is 27.0 Å². The van der Waals surface area contributed by atoms with Gasteiger partial charge in [0.05, 0.1) is 25.2 Å². The van der Waals surface area contributed by atoms with Crippen molar-refractivity contribution < 1.29 is 28.6 Å². The summed E-state index contributed by atoms with van der Waals surface area (Å²) in [5.74, 6) is -0.114. The zero-order valence-electron chi connectivity index (χ0n) is 16.9. The molecule has 0 bridgehead atoms. The molecule has 2 amide bonds. The molecule has 0 unspecified atom stereocenters. The van der Waals surface area contributed by atoms with Crippen LogP contribution in [0.2, 0.25) is 5.02 Å². The molecule has 0 spiro atoms. The zero-order chi connectivity index (χ0) is 22.4. The van der Waals surface area contributed by atoms with Gasteiger partial charge in [-0.3, -0.25) is 14.5 Å². The van der Waals surface area contributed by atoms with E-state index in [1.807, 2.05) is 0 Å². The van der Waals surface area contributed by atoms with E-state index in [-0.39, 0.29) is 30.9 Å². The number of imide groups is 1. The summed E-state index contributed by atoms with van der Waals surface area (Å²) in [6.07, 6.45) is 1.61. The van der Waals surface area contributed by atoms with E-state index in [1.165, 1.54) is 12.0 Å². The Labute approximate surface area is 188 Å². The maximum absolute atomic E-state index is 12.7. The lowest BCUT2D eigenvalue weighted by Gasteiger charge is -2.12. The van der Waals surface area contributed by atoms with Crippen LogP contribution in [0.4, 0.5) is 4.79 Å². The van der Waals surface area contributed by atoms with Crippen molar-refractivity contribution in [3.8, 4) is 11.5 Å². The number of hydrogen-bond acceptors (Lipinski definition) is 7. The van der Waals surface area contributed by atoms with Gasteiger partial charge >= 0.3 is 5.97 Å². The van der Waals surface area contributed by atoms with E-state index in [4.69, 9.17) is 25.8 Å². The zero-order valence-corrected chi connectivity index (χ0v) is 18.5. The average molecular weight is 462 g/mol. The van der Waals surface area contributed by atoms with E-state index in [9.17, 15) is 14.4 Å². The van der Waals surface area contributed by atoms with E-state index in [0.717, 1.165) is 17.3 Å². The number of carbonyl (C=O) groups excluding carboxylic acids is 3. The molecule has 1 saturated heterocycles.